The first-order valence-corrected chi connectivity index (χ1v) is 29.3. The molecule has 17 unspecified atom stereocenters. The van der Waals surface area contributed by atoms with Gasteiger partial charge in [-0.25, -0.2) is 0 Å². The zero-order chi connectivity index (χ0) is 59.0. The highest BCUT2D eigenvalue weighted by atomic mass is 16.8. The van der Waals surface area contributed by atoms with Gasteiger partial charge in [0.15, 0.2) is 18.9 Å². The molecule has 3 aliphatic heterocycles. The quantitative estimate of drug-likeness (QED) is 0.0286. The van der Waals surface area contributed by atoms with Gasteiger partial charge in [-0.05, 0) is 89.9 Å². The van der Waals surface area contributed by atoms with Crippen molar-refractivity contribution in [3.05, 3.63) is 122 Å². The van der Waals surface area contributed by atoms with Crippen molar-refractivity contribution in [2.24, 2.45) is 0 Å². The van der Waals surface area contributed by atoms with E-state index in [1.54, 1.807) is 12.2 Å². The van der Waals surface area contributed by atoms with Gasteiger partial charge in [0.2, 0.25) is 5.91 Å². The monoisotopic (exact) mass is 1150 g/mol. The number of hydrogen-bond donors (Lipinski definition) is 12. The lowest BCUT2D eigenvalue weighted by molar-refractivity contribution is -0.379. The van der Waals surface area contributed by atoms with Gasteiger partial charge in [-0.3, -0.25) is 4.79 Å². The molecule has 0 aliphatic carbocycles. The van der Waals surface area contributed by atoms with Crippen molar-refractivity contribution in [1.82, 2.24) is 5.32 Å². The average Bonchev–Trinajstić information content (AvgIpc) is 3.48. The Kier molecular flexibility index (Phi) is 38.6. The molecule has 81 heavy (non-hydrogen) atoms. The van der Waals surface area contributed by atoms with E-state index in [4.69, 9.17) is 28.4 Å². The summed E-state index contributed by atoms with van der Waals surface area (Å²) in [4.78, 5) is 13.2. The van der Waals surface area contributed by atoms with Crippen LogP contribution in [0.5, 0.6) is 0 Å². The lowest BCUT2D eigenvalue weighted by Crippen LogP contribution is -2.66. The second-order valence-corrected chi connectivity index (χ2v) is 20.4. The predicted molar refractivity (Wildman–Crippen MR) is 309 cm³/mol. The minimum atomic E-state index is -1.99. The second kappa shape index (κ2) is 43.8. The van der Waals surface area contributed by atoms with E-state index in [9.17, 15) is 61.0 Å². The molecule has 17 atom stereocenters. The van der Waals surface area contributed by atoms with E-state index < -0.39 is 124 Å². The number of allylic oxidation sites excluding steroid dienone is 19. The third-order valence-corrected chi connectivity index (χ3v) is 13.7. The molecular formula is C62H99NO18. The van der Waals surface area contributed by atoms with Crippen LogP contribution in [0.3, 0.4) is 0 Å². The normalized spacial score (nSPS) is 30.7. The Balaban J connectivity index is 1.41. The lowest BCUT2D eigenvalue weighted by Gasteiger charge is -2.48. The minimum absolute atomic E-state index is 0.195. The second-order valence-electron chi connectivity index (χ2n) is 20.4. The summed E-state index contributed by atoms with van der Waals surface area (Å²) in [6, 6.07) is -1.01. The molecule has 19 heteroatoms. The van der Waals surface area contributed by atoms with Crippen LogP contribution in [0.1, 0.15) is 129 Å². The first-order chi connectivity index (χ1) is 39.3. The van der Waals surface area contributed by atoms with E-state index >= 15 is 0 Å². The van der Waals surface area contributed by atoms with Gasteiger partial charge >= 0.3 is 0 Å². The number of hydrogen-bond acceptors (Lipinski definition) is 18. The first-order valence-electron chi connectivity index (χ1n) is 29.3. The van der Waals surface area contributed by atoms with Crippen molar-refractivity contribution in [3.63, 3.8) is 0 Å². The highest BCUT2D eigenvalue weighted by Gasteiger charge is 2.53. The smallest absolute Gasteiger partial charge is 0.220 e. The van der Waals surface area contributed by atoms with Crippen molar-refractivity contribution in [1.29, 1.82) is 0 Å². The van der Waals surface area contributed by atoms with Crippen molar-refractivity contribution in [2.45, 2.75) is 234 Å². The predicted octanol–water partition coefficient (Wildman–Crippen LogP) is 4.92. The van der Waals surface area contributed by atoms with E-state index in [0.717, 1.165) is 96.3 Å². The first kappa shape index (κ1) is 71.5. The summed E-state index contributed by atoms with van der Waals surface area (Å²) in [7, 11) is 0. The number of ether oxygens (including phenoxy) is 6. The Morgan fingerprint density at radius 3 is 1.36 bits per heavy atom. The van der Waals surface area contributed by atoms with Crippen LogP contribution in [-0.2, 0) is 33.2 Å². The molecule has 3 rings (SSSR count). The minimum Gasteiger partial charge on any atom is -0.394 e. The molecule has 19 nitrogen and oxygen atoms in total. The van der Waals surface area contributed by atoms with Gasteiger partial charge in [0.05, 0.1) is 38.6 Å². The number of aliphatic hydroxyl groups excluding tert-OH is 11. The number of carbonyl (C=O) groups is 1. The van der Waals surface area contributed by atoms with Crippen LogP contribution >= 0.6 is 0 Å². The zero-order valence-electron chi connectivity index (χ0n) is 47.7. The fraction of sp³-hybridized carbons (Fsp3) is 0.661. The van der Waals surface area contributed by atoms with Crippen LogP contribution < -0.4 is 5.32 Å². The van der Waals surface area contributed by atoms with E-state index in [2.05, 4.69) is 129 Å². The standard InChI is InChI=1S/C62H99NO18/c1-3-5-7-9-11-12-13-14-15-16-17-18-19-20-21-22-23-24-25-26-27-28-29-30-31-32-34-36-38-40-50(68)63-45(46(67)39-37-35-33-10-8-6-4-2)44-76-60-56(74)53(71)58(48(42-65)78-60)81-62-57(75)54(72)59(49(43-66)79-62)80-61-55(73)52(70)51(69)47(41-64)77-61/h5,7-8,10-12,14-15,17-18,20-21,23-24,26-27,29-30,37,39,45-49,51-62,64-67,69-75H,3-4,6,9,13,16,19,22,25,28,31-36,38,40-44H2,1-2H3,(H,63,68)/b7-5-,10-8+,12-11-,15-14-,18-17-,21-20-,24-23-,27-26-,30-29-,39-37+. The van der Waals surface area contributed by atoms with E-state index in [0.29, 0.717) is 12.8 Å². The van der Waals surface area contributed by atoms with Crippen molar-refractivity contribution < 1.29 is 89.4 Å². The lowest BCUT2D eigenvalue weighted by atomic mass is 9.96. The molecule has 0 aromatic heterocycles. The molecule has 1 amide bonds. The summed E-state index contributed by atoms with van der Waals surface area (Å²) in [6.07, 6.45) is 31.0. The number of nitrogens with one attached hydrogen (secondary N) is 1. The molecule has 460 valence electrons. The van der Waals surface area contributed by atoms with Gasteiger partial charge in [0.1, 0.15) is 73.2 Å². The van der Waals surface area contributed by atoms with Crippen LogP contribution in [0.15, 0.2) is 122 Å². The fourth-order valence-electron chi connectivity index (χ4n) is 8.93. The van der Waals surface area contributed by atoms with Crippen LogP contribution in [0, 0.1) is 0 Å². The Labute approximate surface area is 480 Å². The summed E-state index contributed by atoms with van der Waals surface area (Å²) >= 11 is 0. The van der Waals surface area contributed by atoms with Gasteiger partial charge in [-0.15, -0.1) is 0 Å². The molecule has 0 spiro atoms. The van der Waals surface area contributed by atoms with Gasteiger partial charge in [0.25, 0.3) is 0 Å². The summed E-state index contributed by atoms with van der Waals surface area (Å²) in [5.41, 5.74) is 0. The molecule has 3 saturated heterocycles. The summed E-state index contributed by atoms with van der Waals surface area (Å²) in [5.74, 6) is -0.323. The molecule has 0 bridgehead atoms. The number of rotatable bonds is 40. The number of carbonyl (C=O) groups excluding carboxylic acids is 1. The van der Waals surface area contributed by atoms with E-state index in [1.165, 1.54) is 0 Å². The maximum atomic E-state index is 13.2. The molecule has 3 fully saturated rings. The van der Waals surface area contributed by atoms with E-state index in [1.807, 2.05) is 0 Å². The third-order valence-electron chi connectivity index (χ3n) is 13.7. The van der Waals surface area contributed by atoms with Gasteiger partial charge in [-0.1, -0.05) is 155 Å². The van der Waals surface area contributed by atoms with Crippen LogP contribution in [0.4, 0.5) is 0 Å². The van der Waals surface area contributed by atoms with Crippen LogP contribution in [0.2, 0.25) is 0 Å². The maximum absolute atomic E-state index is 13.2. The Bertz CT molecular complexity index is 1950. The number of aliphatic hydroxyl groups is 11. The SMILES string of the molecule is CC/C=C\C/C=C\C/C=C\C/C=C\C/C=C\C/C=C\C/C=C\C/C=C\CCCCCCC(=O)NC(COC1OC(CO)C(OC2OC(CO)C(OC3OC(CO)C(O)C(O)C3O)C(O)C2O)C(O)C1O)C(O)/C=C/CC/C=C/CCC. The maximum Gasteiger partial charge on any atom is 0.220 e. The topological polar surface area (TPSA) is 307 Å². The molecule has 12 N–H and O–H groups in total. The van der Waals surface area contributed by atoms with Gasteiger partial charge in [0, 0.05) is 6.42 Å². The molecule has 0 aromatic carbocycles. The summed E-state index contributed by atoms with van der Waals surface area (Å²) < 4.78 is 34.0. The molecule has 0 aromatic rings. The Morgan fingerprint density at radius 1 is 0.457 bits per heavy atom. The zero-order valence-corrected chi connectivity index (χ0v) is 47.7. The summed E-state index contributed by atoms with van der Waals surface area (Å²) in [6.45, 7) is 1.39. The molecule has 0 saturated carbocycles. The molecule has 3 heterocycles. The third kappa shape index (κ3) is 27.6. The Morgan fingerprint density at radius 2 is 0.864 bits per heavy atom. The highest BCUT2D eigenvalue weighted by molar-refractivity contribution is 5.76. The number of amides is 1. The van der Waals surface area contributed by atoms with Crippen molar-refractivity contribution in [3.8, 4) is 0 Å². The molecular weight excluding hydrogens is 1050 g/mol. The highest BCUT2D eigenvalue weighted by Crippen LogP contribution is 2.33. The Hall–Kier alpha value is -3.81. The molecule has 0 radical (unpaired) electrons. The average molecular weight is 1150 g/mol. The van der Waals surface area contributed by atoms with Gasteiger partial charge < -0.3 is 89.9 Å². The van der Waals surface area contributed by atoms with Crippen LogP contribution in [0.25, 0.3) is 0 Å². The summed E-state index contributed by atoms with van der Waals surface area (Å²) in [5, 5.41) is 120. The van der Waals surface area contributed by atoms with Crippen LogP contribution in [-0.4, -0.2) is 193 Å². The van der Waals surface area contributed by atoms with Crippen molar-refractivity contribution >= 4 is 5.91 Å². The number of unbranched alkanes of at least 4 members (excludes halogenated alkanes) is 6. The fourth-order valence-corrected chi connectivity index (χ4v) is 8.93. The van der Waals surface area contributed by atoms with Crippen molar-refractivity contribution in [2.75, 3.05) is 26.4 Å². The molecule has 3 aliphatic rings. The largest absolute Gasteiger partial charge is 0.394 e. The van der Waals surface area contributed by atoms with Gasteiger partial charge in [-0.2, -0.15) is 0 Å². The van der Waals surface area contributed by atoms with E-state index in [-0.39, 0.29) is 18.9 Å².